The number of hydrogen-bond donors (Lipinski definition) is 1. The molecule has 0 saturated carbocycles. The first-order valence-electron chi connectivity index (χ1n) is 8.32. The van der Waals surface area contributed by atoms with E-state index in [1.165, 1.54) is 17.7 Å². The third kappa shape index (κ3) is 3.71. The van der Waals surface area contributed by atoms with Crippen molar-refractivity contribution in [2.24, 2.45) is 5.10 Å². The lowest BCUT2D eigenvalue weighted by Crippen LogP contribution is -2.19. The molecular formula is C18H18N4O5. The Labute approximate surface area is 155 Å². The molecule has 0 aliphatic heterocycles. The zero-order valence-corrected chi connectivity index (χ0v) is 14.8. The van der Waals surface area contributed by atoms with Crippen molar-refractivity contribution >= 4 is 22.8 Å². The summed E-state index contributed by atoms with van der Waals surface area (Å²) in [4.78, 5) is 20.7. The fourth-order valence-electron chi connectivity index (χ4n) is 3.17. The third-order valence-corrected chi connectivity index (χ3v) is 4.68. The van der Waals surface area contributed by atoms with Gasteiger partial charge in [-0.25, -0.2) is 0 Å². The summed E-state index contributed by atoms with van der Waals surface area (Å²) in [6.07, 6.45) is 1.49. The van der Waals surface area contributed by atoms with Crippen molar-refractivity contribution in [3.63, 3.8) is 0 Å². The molecule has 0 amide bonds. The average molecular weight is 370 g/mol. The molecule has 1 unspecified atom stereocenters. The molecule has 140 valence electrons. The molecule has 1 aliphatic carbocycles. The predicted octanol–water partition coefficient (Wildman–Crippen LogP) is 4.03. The fourth-order valence-corrected chi connectivity index (χ4v) is 3.17. The van der Waals surface area contributed by atoms with E-state index in [1.54, 1.807) is 7.11 Å². The molecule has 0 radical (unpaired) electrons. The van der Waals surface area contributed by atoms with Crippen molar-refractivity contribution in [1.82, 2.24) is 0 Å². The smallest absolute Gasteiger partial charge is 0.301 e. The number of nitrogens with one attached hydrogen (secondary N) is 1. The van der Waals surface area contributed by atoms with Crippen molar-refractivity contribution in [2.45, 2.75) is 25.7 Å². The van der Waals surface area contributed by atoms with Crippen LogP contribution in [-0.4, -0.2) is 22.7 Å². The molecule has 3 rings (SSSR count). The van der Waals surface area contributed by atoms with Crippen LogP contribution in [0.2, 0.25) is 0 Å². The van der Waals surface area contributed by atoms with E-state index in [2.05, 4.69) is 10.5 Å². The van der Waals surface area contributed by atoms with E-state index in [0.29, 0.717) is 6.42 Å². The monoisotopic (exact) mass is 370 g/mol. The maximum absolute atomic E-state index is 11.2. The van der Waals surface area contributed by atoms with E-state index in [-0.39, 0.29) is 23.0 Å². The van der Waals surface area contributed by atoms with Crippen LogP contribution in [0.3, 0.4) is 0 Å². The van der Waals surface area contributed by atoms with Gasteiger partial charge in [-0.1, -0.05) is 13.0 Å². The molecule has 2 aromatic rings. The van der Waals surface area contributed by atoms with Crippen LogP contribution >= 0.6 is 0 Å². The number of nitro groups is 2. The molecular weight excluding hydrogens is 352 g/mol. The second-order valence-electron chi connectivity index (χ2n) is 6.22. The number of rotatable bonds is 5. The number of nitro benzene ring substituents is 2. The number of anilines is 1. The highest BCUT2D eigenvalue weighted by Gasteiger charge is 2.24. The summed E-state index contributed by atoms with van der Waals surface area (Å²) >= 11 is 0. The van der Waals surface area contributed by atoms with Crippen molar-refractivity contribution in [3.05, 3.63) is 67.8 Å². The van der Waals surface area contributed by atoms with Crippen LogP contribution in [0.25, 0.3) is 0 Å². The number of hydrogen-bond acceptors (Lipinski definition) is 7. The Balaban J connectivity index is 1.86. The van der Waals surface area contributed by atoms with Gasteiger partial charge in [-0.15, -0.1) is 0 Å². The van der Waals surface area contributed by atoms with Crippen LogP contribution in [0.4, 0.5) is 17.1 Å². The van der Waals surface area contributed by atoms with Gasteiger partial charge in [-0.3, -0.25) is 25.7 Å². The quantitative estimate of drug-likeness (QED) is 0.627. The van der Waals surface area contributed by atoms with Crippen LogP contribution in [0.1, 0.15) is 30.4 Å². The number of aryl methyl sites for hydroxylation is 1. The fraction of sp³-hybridized carbons (Fsp3) is 0.278. The Bertz CT molecular complexity index is 941. The predicted molar refractivity (Wildman–Crippen MR) is 101 cm³/mol. The highest BCUT2D eigenvalue weighted by Crippen LogP contribution is 2.33. The van der Waals surface area contributed by atoms with Crippen LogP contribution in [0, 0.1) is 20.2 Å². The first-order valence-corrected chi connectivity index (χ1v) is 8.32. The lowest BCUT2D eigenvalue weighted by atomic mass is 9.82. The normalized spacial score (nSPS) is 17.3. The zero-order valence-electron chi connectivity index (χ0n) is 14.8. The van der Waals surface area contributed by atoms with Gasteiger partial charge < -0.3 is 4.74 Å². The number of non-ortho nitro benzene ring substituents is 1. The van der Waals surface area contributed by atoms with E-state index in [9.17, 15) is 20.2 Å². The topological polar surface area (TPSA) is 120 Å². The minimum atomic E-state index is -0.670. The van der Waals surface area contributed by atoms with E-state index in [4.69, 9.17) is 4.74 Å². The Kier molecular flexibility index (Phi) is 5.02. The van der Waals surface area contributed by atoms with Gasteiger partial charge in [0, 0.05) is 17.7 Å². The number of nitrogens with zero attached hydrogens (tertiary/aromatic N) is 3. The van der Waals surface area contributed by atoms with Gasteiger partial charge in [0.1, 0.15) is 11.4 Å². The first kappa shape index (κ1) is 18.3. The molecule has 27 heavy (non-hydrogen) atoms. The second kappa shape index (κ2) is 7.40. The molecule has 9 nitrogen and oxygen atoms in total. The summed E-state index contributed by atoms with van der Waals surface area (Å²) in [7, 11) is 1.63. The summed E-state index contributed by atoms with van der Waals surface area (Å²) in [5.41, 5.74) is 5.30. The van der Waals surface area contributed by atoms with E-state index in [1.807, 2.05) is 25.1 Å². The molecule has 0 aromatic heterocycles. The van der Waals surface area contributed by atoms with Crippen LogP contribution in [0.5, 0.6) is 5.75 Å². The molecule has 1 N–H and O–H groups in total. The Morgan fingerprint density at radius 2 is 1.89 bits per heavy atom. The number of ether oxygens (including phenoxy) is 1. The summed E-state index contributed by atoms with van der Waals surface area (Å²) in [6.45, 7) is 2.02. The summed E-state index contributed by atoms with van der Waals surface area (Å²) in [5, 5.41) is 26.4. The average Bonchev–Trinajstić information content (AvgIpc) is 2.66. The molecule has 9 heteroatoms. The zero-order chi connectivity index (χ0) is 19.6. The van der Waals surface area contributed by atoms with E-state index in [0.717, 1.165) is 29.5 Å². The van der Waals surface area contributed by atoms with Crippen LogP contribution in [0.15, 0.2) is 41.5 Å². The molecule has 0 saturated heterocycles. The third-order valence-electron chi connectivity index (χ3n) is 4.68. The number of methoxy groups -OCH3 is 1. The minimum absolute atomic E-state index is 0.0456. The van der Waals surface area contributed by atoms with Crippen molar-refractivity contribution in [3.8, 4) is 5.75 Å². The van der Waals surface area contributed by atoms with Crippen molar-refractivity contribution in [2.75, 3.05) is 12.5 Å². The van der Waals surface area contributed by atoms with Gasteiger partial charge in [0.05, 0.1) is 23.0 Å². The molecule has 0 bridgehead atoms. The number of hydrazone groups is 1. The maximum atomic E-state index is 11.2. The Hall–Kier alpha value is -3.49. The van der Waals surface area contributed by atoms with Crippen LogP contribution in [-0.2, 0) is 6.42 Å². The van der Waals surface area contributed by atoms with Gasteiger partial charge >= 0.3 is 5.69 Å². The summed E-state index contributed by atoms with van der Waals surface area (Å²) in [6, 6.07) is 9.34. The van der Waals surface area contributed by atoms with Gasteiger partial charge in [0.2, 0.25) is 0 Å². The van der Waals surface area contributed by atoms with Gasteiger partial charge in [0.15, 0.2) is 0 Å². The standard InChI is InChI=1S/C18H18N4O5/c1-11-15-6-5-14(27-2)9-12(15)3-7-16(11)19-20-17-8-4-13(21(23)24)10-18(17)22(25)26/h4-6,8-11,20H,3,7H2,1-2H3/b19-16+. The molecule has 0 heterocycles. The number of fused-ring (bicyclic) bond motifs is 1. The maximum Gasteiger partial charge on any atom is 0.301 e. The largest absolute Gasteiger partial charge is 0.497 e. The first-order chi connectivity index (χ1) is 12.9. The van der Waals surface area contributed by atoms with Gasteiger partial charge in [-0.05, 0) is 42.2 Å². The van der Waals surface area contributed by atoms with E-state index >= 15 is 0 Å². The number of benzene rings is 2. The molecule has 0 spiro atoms. The molecule has 1 aliphatic rings. The van der Waals surface area contributed by atoms with Gasteiger partial charge in [0.25, 0.3) is 5.69 Å². The SMILES string of the molecule is COc1ccc2c(c1)CC/C(=N\Nc1ccc([N+](=O)[O-])cc1[N+](=O)[O-])C2C. The summed E-state index contributed by atoms with van der Waals surface area (Å²) < 4.78 is 5.26. The molecule has 2 aromatic carbocycles. The van der Waals surface area contributed by atoms with E-state index < -0.39 is 9.85 Å². The minimum Gasteiger partial charge on any atom is -0.497 e. The second-order valence-corrected chi connectivity index (χ2v) is 6.22. The lowest BCUT2D eigenvalue weighted by molar-refractivity contribution is -0.393. The van der Waals surface area contributed by atoms with Crippen molar-refractivity contribution < 1.29 is 14.6 Å². The van der Waals surface area contributed by atoms with Crippen molar-refractivity contribution in [1.29, 1.82) is 0 Å². The highest BCUT2D eigenvalue weighted by atomic mass is 16.6. The molecule has 0 fully saturated rings. The van der Waals surface area contributed by atoms with Crippen LogP contribution < -0.4 is 10.2 Å². The lowest BCUT2D eigenvalue weighted by Gasteiger charge is -2.24. The summed E-state index contributed by atoms with van der Waals surface area (Å²) in [5.74, 6) is 0.852. The molecule has 1 atom stereocenters. The van der Waals surface area contributed by atoms with Gasteiger partial charge in [-0.2, -0.15) is 5.10 Å². The Morgan fingerprint density at radius 1 is 1.11 bits per heavy atom. The highest BCUT2D eigenvalue weighted by molar-refractivity contribution is 5.93. The Morgan fingerprint density at radius 3 is 2.56 bits per heavy atom.